The molecule has 1 aromatic carbocycles. The van der Waals surface area contributed by atoms with E-state index in [9.17, 15) is 13.9 Å². The van der Waals surface area contributed by atoms with Gasteiger partial charge < -0.3 is 9.53 Å². The van der Waals surface area contributed by atoms with Gasteiger partial charge in [0.25, 0.3) is 6.43 Å². The van der Waals surface area contributed by atoms with Crippen molar-refractivity contribution in [2.24, 2.45) is 0 Å². The van der Waals surface area contributed by atoms with Gasteiger partial charge in [-0.25, -0.2) is 13.5 Å². The van der Waals surface area contributed by atoms with Crippen LogP contribution in [0.25, 0.3) is 5.69 Å². The highest BCUT2D eigenvalue weighted by Crippen LogP contribution is 2.37. The van der Waals surface area contributed by atoms with Crippen LogP contribution in [0.2, 0.25) is 18.1 Å². The SMILES string of the molecule is CC(C)(C)[Si](C)(C)OCc1nnn(-c2ccc(C(F)F)cc2)c1CO. The van der Waals surface area contributed by atoms with Crippen LogP contribution < -0.4 is 0 Å². The van der Waals surface area contributed by atoms with Crippen LogP contribution in [0.15, 0.2) is 24.3 Å². The maximum atomic E-state index is 12.7. The number of aliphatic hydroxyl groups is 1. The third kappa shape index (κ3) is 4.31. The standard InChI is InChI=1S/C17H25F2N3O2Si/c1-17(2,3)25(4,5)24-11-14-15(10-23)22(21-20-14)13-8-6-12(7-9-13)16(18)19/h6-9,16,23H,10-11H2,1-5H3. The minimum atomic E-state index is -2.52. The van der Waals surface area contributed by atoms with E-state index in [1.165, 1.54) is 28.9 Å². The lowest BCUT2D eigenvalue weighted by atomic mass is 10.2. The van der Waals surface area contributed by atoms with Crippen LogP contribution in [0, 0.1) is 0 Å². The number of alkyl halides is 2. The lowest BCUT2D eigenvalue weighted by molar-refractivity contribution is 0.151. The molecule has 0 saturated heterocycles. The molecule has 0 amide bonds. The lowest BCUT2D eigenvalue weighted by Gasteiger charge is -2.35. The van der Waals surface area contributed by atoms with Crippen LogP contribution in [-0.4, -0.2) is 28.4 Å². The maximum Gasteiger partial charge on any atom is 0.263 e. The Morgan fingerprint density at radius 2 is 1.80 bits per heavy atom. The first kappa shape index (κ1) is 19.7. The predicted octanol–water partition coefficient (Wildman–Crippen LogP) is 4.22. The Kier molecular flexibility index (Phi) is 5.75. The molecular formula is C17H25F2N3O2Si. The molecule has 1 N–H and O–H groups in total. The Balaban J connectivity index is 2.23. The van der Waals surface area contributed by atoms with Gasteiger partial charge in [-0.15, -0.1) is 5.10 Å². The summed E-state index contributed by atoms with van der Waals surface area (Å²) in [6.07, 6.45) is -2.52. The molecule has 0 radical (unpaired) electrons. The van der Waals surface area contributed by atoms with Crippen molar-refractivity contribution in [3.63, 3.8) is 0 Å². The molecule has 5 nitrogen and oxygen atoms in total. The number of hydrogen-bond acceptors (Lipinski definition) is 4. The van der Waals surface area contributed by atoms with E-state index in [1.807, 2.05) is 0 Å². The zero-order valence-electron chi connectivity index (χ0n) is 15.3. The van der Waals surface area contributed by atoms with E-state index in [2.05, 4.69) is 44.2 Å². The molecule has 2 rings (SSSR count). The smallest absolute Gasteiger partial charge is 0.263 e. The second-order valence-electron chi connectivity index (χ2n) is 7.49. The van der Waals surface area contributed by atoms with Crippen molar-refractivity contribution in [2.45, 2.75) is 58.5 Å². The van der Waals surface area contributed by atoms with E-state index in [4.69, 9.17) is 4.43 Å². The molecule has 8 heteroatoms. The summed E-state index contributed by atoms with van der Waals surface area (Å²) < 4.78 is 32.9. The fourth-order valence-electron chi connectivity index (χ4n) is 2.04. The van der Waals surface area contributed by atoms with Gasteiger partial charge >= 0.3 is 0 Å². The largest absolute Gasteiger partial charge is 0.411 e. The molecule has 25 heavy (non-hydrogen) atoms. The van der Waals surface area contributed by atoms with E-state index >= 15 is 0 Å². The number of aromatic nitrogens is 3. The molecule has 0 atom stereocenters. The van der Waals surface area contributed by atoms with Gasteiger partial charge in [0.1, 0.15) is 5.69 Å². The summed E-state index contributed by atoms with van der Waals surface area (Å²) in [6, 6.07) is 5.75. The van der Waals surface area contributed by atoms with Crippen molar-refractivity contribution < 1.29 is 18.3 Å². The van der Waals surface area contributed by atoms with Gasteiger partial charge in [0, 0.05) is 5.56 Å². The summed E-state index contributed by atoms with van der Waals surface area (Å²) in [5.74, 6) is 0. The fourth-order valence-corrected chi connectivity index (χ4v) is 2.97. The highest BCUT2D eigenvalue weighted by atomic mass is 28.4. The van der Waals surface area contributed by atoms with Crippen molar-refractivity contribution in [3.05, 3.63) is 41.2 Å². The van der Waals surface area contributed by atoms with Crippen molar-refractivity contribution in [1.29, 1.82) is 0 Å². The molecule has 2 aromatic rings. The van der Waals surface area contributed by atoms with Gasteiger partial charge in [0.15, 0.2) is 8.32 Å². The number of hydrogen-bond donors (Lipinski definition) is 1. The molecule has 0 fully saturated rings. The molecule has 0 aliphatic heterocycles. The molecular weight excluding hydrogens is 344 g/mol. The second-order valence-corrected chi connectivity index (χ2v) is 12.3. The number of nitrogens with zero attached hydrogens (tertiary/aromatic N) is 3. The van der Waals surface area contributed by atoms with Crippen molar-refractivity contribution in [3.8, 4) is 5.69 Å². The molecule has 1 heterocycles. The molecule has 0 aliphatic carbocycles. The van der Waals surface area contributed by atoms with Crippen LogP contribution in [-0.2, 0) is 17.6 Å². The molecule has 0 spiro atoms. The summed E-state index contributed by atoms with van der Waals surface area (Å²) in [5.41, 5.74) is 1.57. The Morgan fingerprint density at radius 1 is 1.20 bits per heavy atom. The number of benzene rings is 1. The zero-order chi connectivity index (χ0) is 18.8. The molecule has 0 saturated carbocycles. The van der Waals surface area contributed by atoms with Crippen molar-refractivity contribution >= 4 is 8.32 Å². The second kappa shape index (κ2) is 7.31. The third-order valence-corrected chi connectivity index (χ3v) is 9.24. The summed E-state index contributed by atoms with van der Waals surface area (Å²) in [5, 5.41) is 17.9. The molecule has 0 unspecified atom stereocenters. The zero-order valence-corrected chi connectivity index (χ0v) is 16.3. The van der Waals surface area contributed by atoms with E-state index in [-0.39, 0.29) is 23.8 Å². The van der Waals surface area contributed by atoms with Gasteiger partial charge in [-0.05, 0) is 30.3 Å². The molecule has 0 aliphatic rings. The summed E-state index contributed by atoms with van der Waals surface area (Å²) in [7, 11) is -1.96. The van der Waals surface area contributed by atoms with Crippen LogP contribution >= 0.6 is 0 Å². The highest BCUT2D eigenvalue weighted by molar-refractivity contribution is 6.74. The van der Waals surface area contributed by atoms with Crippen molar-refractivity contribution in [2.75, 3.05) is 0 Å². The van der Waals surface area contributed by atoms with E-state index in [0.717, 1.165) is 0 Å². The average Bonchev–Trinajstić information content (AvgIpc) is 2.95. The van der Waals surface area contributed by atoms with Crippen LogP contribution in [0.4, 0.5) is 8.78 Å². The molecule has 138 valence electrons. The average molecular weight is 369 g/mol. The van der Waals surface area contributed by atoms with Gasteiger partial charge in [-0.2, -0.15) is 0 Å². The Morgan fingerprint density at radius 3 is 2.28 bits per heavy atom. The quantitative estimate of drug-likeness (QED) is 0.775. The Hall–Kier alpha value is -1.64. The third-order valence-electron chi connectivity index (χ3n) is 4.76. The first-order valence-corrected chi connectivity index (χ1v) is 11.0. The highest BCUT2D eigenvalue weighted by Gasteiger charge is 2.37. The topological polar surface area (TPSA) is 60.2 Å². The van der Waals surface area contributed by atoms with Crippen LogP contribution in [0.5, 0.6) is 0 Å². The maximum absolute atomic E-state index is 12.7. The molecule has 1 aromatic heterocycles. The number of halogens is 2. The first-order chi connectivity index (χ1) is 11.6. The first-order valence-electron chi connectivity index (χ1n) is 8.13. The normalized spacial score (nSPS) is 12.8. The van der Waals surface area contributed by atoms with Crippen LogP contribution in [0.1, 0.15) is 44.1 Å². The van der Waals surface area contributed by atoms with Crippen molar-refractivity contribution in [1.82, 2.24) is 15.0 Å². The Bertz CT molecular complexity index is 710. The minimum absolute atomic E-state index is 0.0594. The number of aliphatic hydroxyl groups excluding tert-OH is 1. The lowest BCUT2D eigenvalue weighted by Crippen LogP contribution is -2.40. The van der Waals surface area contributed by atoms with Gasteiger partial charge in [0.2, 0.25) is 0 Å². The van der Waals surface area contributed by atoms with E-state index < -0.39 is 14.7 Å². The monoisotopic (exact) mass is 369 g/mol. The predicted molar refractivity (Wildman–Crippen MR) is 94.2 cm³/mol. The number of rotatable bonds is 6. The summed E-state index contributed by atoms with van der Waals surface area (Å²) >= 11 is 0. The molecule has 0 bridgehead atoms. The summed E-state index contributed by atoms with van der Waals surface area (Å²) in [4.78, 5) is 0. The Labute approximate surface area is 147 Å². The van der Waals surface area contributed by atoms with Gasteiger partial charge in [-0.3, -0.25) is 0 Å². The summed E-state index contributed by atoms with van der Waals surface area (Å²) in [6.45, 7) is 10.7. The van der Waals surface area contributed by atoms with E-state index in [0.29, 0.717) is 17.1 Å². The van der Waals surface area contributed by atoms with Gasteiger partial charge in [0.05, 0.1) is 24.6 Å². The van der Waals surface area contributed by atoms with E-state index in [1.54, 1.807) is 0 Å². The van der Waals surface area contributed by atoms with Gasteiger partial charge in [-0.1, -0.05) is 38.1 Å². The minimum Gasteiger partial charge on any atom is -0.411 e. The van der Waals surface area contributed by atoms with Crippen LogP contribution in [0.3, 0.4) is 0 Å². The fraction of sp³-hybridized carbons (Fsp3) is 0.529.